The Morgan fingerprint density at radius 3 is 2.65 bits per heavy atom. The molecule has 1 aromatic carbocycles. The van der Waals surface area contributed by atoms with Gasteiger partial charge in [-0.05, 0) is 37.2 Å². The molecular formula is C14H18BrN3O2. The van der Waals surface area contributed by atoms with Crippen LogP contribution in [0.2, 0.25) is 0 Å². The molecule has 2 aromatic rings. The van der Waals surface area contributed by atoms with Crippen LogP contribution in [0.15, 0.2) is 33.2 Å². The third-order valence-corrected chi connectivity index (χ3v) is 3.53. The SMILES string of the molecule is CCN(CCCO)Cc1nnc(-c2ccc(Br)cc2)o1. The van der Waals surface area contributed by atoms with Gasteiger partial charge in [-0.25, -0.2) is 0 Å². The first-order valence-electron chi connectivity index (χ1n) is 6.64. The molecule has 0 bridgehead atoms. The molecule has 1 heterocycles. The smallest absolute Gasteiger partial charge is 0.247 e. The summed E-state index contributed by atoms with van der Waals surface area (Å²) in [7, 11) is 0. The molecule has 5 nitrogen and oxygen atoms in total. The van der Waals surface area contributed by atoms with Crippen LogP contribution in [0.5, 0.6) is 0 Å². The average molecular weight is 340 g/mol. The molecule has 20 heavy (non-hydrogen) atoms. The Bertz CT molecular complexity index is 527. The lowest BCUT2D eigenvalue weighted by molar-refractivity contribution is 0.212. The highest BCUT2D eigenvalue weighted by atomic mass is 79.9. The monoisotopic (exact) mass is 339 g/mol. The summed E-state index contributed by atoms with van der Waals surface area (Å²) >= 11 is 3.40. The normalized spacial score (nSPS) is 11.2. The summed E-state index contributed by atoms with van der Waals surface area (Å²) in [4.78, 5) is 2.16. The van der Waals surface area contributed by atoms with Gasteiger partial charge >= 0.3 is 0 Å². The fourth-order valence-corrected chi connectivity index (χ4v) is 2.13. The quantitative estimate of drug-likeness (QED) is 0.840. The number of aromatic nitrogens is 2. The van der Waals surface area contributed by atoms with Gasteiger partial charge in [0.1, 0.15) is 0 Å². The van der Waals surface area contributed by atoms with Crippen LogP contribution in [0.25, 0.3) is 11.5 Å². The van der Waals surface area contributed by atoms with E-state index in [2.05, 4.69) is 38.0 Å². The van der Waals surface area contributed by atoms with Gasteiger partial charge in [0, 0.05) is 23.2 Å². The minimum absolute atomic E-state index is 0.199. The Kier molecular flexibility index (Phi) is 5.70. The fraction of sp³-hybridized carbons (Fsp3) is 0.429. The number of aliphatic hydroxyl groups excluding tert-OH is 1. The largest absolute Gasteiger partial charge is 0.419 e. The standard InChI is InChI=1S/C14H18BrN3O2/c1-2-18(8-3-9-19)10-13-16-17-14(20-13)11-4-6-12(15)7-5-11/h4-7,19H,2-3,8-10H2,1H3. The summed E-state index contributed by atoms with van der Waals surface area (Å²) in [6.07, 6.45) is 0.752. The van der Waals surface area contributed by atoms with Gasteiger partial charge in [-0.2, -0.15) is 0 Å². The van der Waals surface area contributed by atoms with Gasteiger partial charge in [-0.3, -0.25) is 4.90 Å². The summed E-state index contributed by atoms with van der Waals surface area (Å²) in [5.41, 5.74) is 0.908. The number of hydrogen-bond acceptors (Lipinski definition) is 5. The van der Waals surface area contributed by atoms with Crippen LogP contribution in [-0.2, 0) is 6.54 Å². The van der Waals surface area contributed by atoms with E-state index < -0.39 is 0 Å². The highest BCUT2D eigenvalue weighted by Gasteiger charge is 2.11. The van der Waals surface area contributed by atoms with E-state index in [4.69, 9.17) is 9.52 Å². The van der Waals surface area contributed by atoms with Crippen molar-refractivity contribution in [2.75, 3.05) is 19.7 Å². The number of aliphatic hydroxyl groups is 1. The Labute approximate surface area is 126 Å². The molecule has 0 aliphatic carbocycles. The molecule has 0 aliphatic heterocycles. The van der Waals surface area contributed by atoms with Crippen molar-refractivity contribution in [3.8, 4) is 11.5 Å². The lowest BCUT2D eigenvalue weighted by Gasteiger charge is -2.17. The van der Waals surface area contributed by atoms with Gasteiger partial charge in [-0.1, -0.05) is 22.9 Å². The second-order valence-electron chi connectivity index (χ2n) is 4.45. The van der Waals surface area contributed by atoms with E-state index in [1.165, 1.54) is 0 Å². The van der Waals surface area contributed by atoms with Gasteiger partial charge in [-0.15, -0.1) is 10.2 Å². The fourth-order valence-electron chi connectivity index (χ4n) is 1.86. The molecule has 0 amide bonds. The molecule has 1 aromatic heterocycles. The number of benzene rings is 1. The maximum absolute atomic E-state index is 8.87. The molecule has 1 N–H and O–H groups in total. The molecule has 0 atom stereocenters. The van der Waals surface area contributed by atoms with Crippen LogP contribution in [0.1, 0.15) is 19.2 Å². The van der Waals surface area contributed by atoms with Crippen molar-refractivity contribution in [3.63, 3.8) is 0 Å². The summed E-state index contributed by atoms with van der Waals surface area (Å²) in [6, 6.07) is 7.76. The molecule has 0 aliphatic rings. The molecule has 0 spiro atoms. The third kappa shape index (κ3) is 4.13. The molecule has 2 rings (SSSR count). The van der Waals surface area contributed by atoms with Crippen LogP contribution in [-0.4, -0.2) is 39.9 Å². The summed E-state index contributed by atoms with van der Waals surface area (Å²) in [5.74, 6) is 1.13. The van der Waals surface area contributed by atoms with Gasteiger partial charge in [0.15, 0.2) is 0 Å². The average Bonchev–Trinajstić information content (AvgIpc) is 2.92. The minimum Gasteiger partial charge on any atom is -0.419 e. The zero-order valence-electron chi connectivity index (χ0n) is 11.4. The van der Waals surface area contributed by atoms with Crippen molar-refractivity contribution in [3.05, 3.63) is 34.6 Å². The van der Waals surface area contributed by atoms with Crippen LogP contribution >= 0.6 is 15.9 Å². The Morgan fingerprint density at radius 1 is 1.25 bits per heavy atom. The molecule has 0 fully saturated rings. The highest BCUT2D eigenvalue weighted by molar-refractivity contribution is 9.10. The van der Waals surface area contributed by atoms with Crippen LogP contribution < -0.4 is 0 Å². The summed E-state index contributed by atoms with van der Waals surface area (Å²) in [6.45, 7) is 4.59. The number of rotatable bonds is 7. The maximum atomic E-state index is 8.87. The zero-order valence-corrected chi connectivity index (χ0v) is 13.0. The minimum atomic E-state index is 0.199. The van der Waals surface area contributed by atoms with E-state index in [-0.39, 0.29) is 6.61 Å². The van der Waals surface area contributed by atoms with Gasteiger partial charge in [0.25, 0.3) is 0 Å². The van der Waals surface area contributed by atoms with Crippen molar-refractivity contribution < 1.29 is 9.52 Å². The molecule has 0 radical (unpaired) electrons. The molecule has 0 saturated heterocycles. The van der Waals surface area contributed by atoms with Gasteiger partial charge < -0.3 is 9.52 Å². The van der Waals surface area contributed by atoms with E-state index >= 15 is 0 Å². The van der Waals surface area contributed by atoms with Crippen molar-refractivity contribution in [2.24, 2.45) is 0 Å². The lowest BCUT2D eigenvalue weighted by Crippen LogP contribution is -2.24. The van der Waals surface area contributed by atoms with Gasteiger partial charge in [0.2, 0.25) is 11.8 Å². The summed E-state index contributed by atoms with van der Waals surface area (Å²) in [5, 5.41) is 17.0. The summed E-state index contributed by atoms with van der Waals surface area (Å²) < 4.78 is 6.70. The third-order valence-electron chi connectivity index (χ3n) is 3.00. The van der Waals surface area contributed by atoms with Crippen molar-refractivity contribution in [1.29, 1.82) is 0 Å². The molecule has 108 valence electrons. The first-order valence-corrected chi connectivity index (χ1v) is 7.43. The second kappa shape index (κ2) is 7.52. The van der Waals surface area contributed by atoms with E-state index in [0.717, 1.165) is 29.5 Å². The van der Waals surface area contributed by atoms with Crippen molar-refractivity contribution in [2.45, 2.75) is 19.9 Å². The van der Waals surface area contributed by atoms with Gasteiger partial charge in [0.05, 0.1) is 6.54 Å². The van der Waals surface area contributed by atoms with E-state index in [0.29, 0.717) is 18.3 Å². The Hall–Kier alpha value is -1.24. The second-order valence-corrected chi connectivity index (χ2v) is 5.37. The predicted octanol–water partition coefficient (Wildman–Crippen LogP) is 2.70. The maximum Gasteiger partial charge on any atom is 0.247 e. The van der Waals surface area contributed by atoms with Crippen molar-refractivity contribution >= 4 is 15.9 Å². The topological polar surface area (TPSA) is 62.4 Å². The van der Waals surface area contributed by atoms with Crippen molar-refractivity contribution in [1.82, 2.24) is 15.1 Å². The van der Waals surface area contributed by atoms with Crippen LogP contribution in [0, 0.1) is 0 Å². The first kappa shape index (κ1) is 15.2. The van der Waals surface area contributed by atoms with E-state index in [1.807, 2.05) is 24.3 Å². The number of hydrogen-bond donors (Lipinski definition) is 1. The molecule has 0 unspecified atom stereocenters. The molecule has 0 saturated carbocycles. The highest BCUT2D eigenvalue weighted by Crippen LogP contribution is 2.20. The number of nitrogens with zero attached hydrogens (tertiary/aromatic N) is 3. The molecular weight excluding hydrogens is 322 g/mol. The first-order chi connectivity index (χ1) is 9.72. The van der Waals surface area contributed by atoms with Crippen LogP contribution in [0.4, 0.5) is 0 Å². The zero-order chi connectivity index (χ0) is 14.4. The Morgan fingerprint density at radius 2 is 2.00 bits per heavy atom. The van der Waals surface area contributed by atoms with E-state index in [9.17, 15) is 0 Å². The predicted molar refractivity (Wildman–Crippen MR) is 80.1 cm³/mol. The molecule has 6 heteroatoms. The van der Waals surface area contributed by atoms with E-state index in [1.54, 1.807) is 0 Å². The number of halogens is 1. The van der Waals surface area contributed by atoms with Crippen LogP contribution in [0.3, 0.4) is 0 Å². The lowest BCUT2D eigenvalue weighted by atomic mass is 10.2. The Balaban J connectivity index is 2.02.